The lowest BCUT2D eigenvalue weighted by molar-refractivity contribution is 0.0697. The largest absolute Gasteiger partial charge is 0.478 e. The molecule has 0 radical (unpaired) electrons. The molecule has 0 aromatic carbocycles. The fraction of sp³-hybridized carbons (Fsp3) is 0.643. The molecule has 20 heavy (non-hydrogen) atoms. The van der Waals surface area contributed by atoms with Gasteiger partial charge >= 0.3 is 11.7 Å². The third kappa shape index (κ3) is 2.42. The van der Waals surface area contributed by atoms with Crippen molar-refractivity contribution in [2.75, 3.05) is 5.32 Å². The molecule has 1 saturated carbocycles. The summed E-state index contributed by atoms with van der Waals surface area (Å²) in [5.74, 6) is 0.0536. The molecule has 1 fully saturated rings. The van der Waals surface area contributed by atoms with E-state index in [9.17, 15) is 9.59 Å². The fourth-order valence-electron chi connectivity index (χ4n) is 3.39. The first-order valence-electron chi connectivity index (χ1n) is 7.25. The van der Waals surface area contributed by atoms with Gasteiger partial charge in [0.2, 0.25) is 0 Å². The van der Waals surface area contributed by atoms with Crippen molar-refractivity contribution in [3.63, 3.8) is 0 Å². The predicted octanol–water partition coefficient (Wildman–Crippen LogP) is 1.71. The van der Waals surface area contributed by atoms with Crippen LogP contribution in [0.25, 0.3) is 0 Å². The highest BCUT2D eigenvalue weighted by Crippen LogP contribution is 2.31. The predicted molar refractivity (Wildman–Crippen MR) is 74.1 cm³/mol. The van der Waals surface area contributed by atoms with Crippen molar-refractivity contribution >= 4 is 11.8 Å². The lowest BCUT2D eigenvalue weighted by atomic mass is 9.85. The van der Waals surface area contributed by atoms with E-state index < -0.39 is 5.97 Å². The summed E-state index contributed by atoms with van der Waals surface area (Å²) in [5, 5.41) is 12.4. The van der Waals surface area contributed by atoms with E-state index in [0.29, 0.717) is 18.3 Å². The van der Waals surface area contributed by atoms with Crippen LogP contribution < -0.4 is 11.0 Å². The van der Waals surface area contributed by atoms with E-state index in [0.717, 1.165) is 12.6 Å². The number of nitrogens with zero attached hydrogens (tertiary/aromatic N) is 2. The maximum Gasteiger partial charge on any atom is 0.349 e. The van der Waals surface area contributed by atoms with Gasteiger partial charge in [0.05, 0.1) is 6.20 Å². The van der Waals surface area contributed by atoms with Crippen LogP contribution in [0.3, 0.4) is 0 Å². The van der Waals surface area contributed by atoms with Crippen LogP contribution in [-0.4, -0.2) is 26.7 Å². The number of hydrogen-bond acceptors (Lipinski definition) is 4. The van der Waals surface area contributed by atoms with Crippen molar-refractivity contribution in [1.82, 2.24) is 9.55 Å². The van der Waals surface area contributed by atoms with Crippen LogP contribution >= 0.6 is 0 Å². The van der Waals surface area contributed by atoms with Gasteiger partial charge in [-0.1, -0.05) is 32.1 Å². The lowest BCUT2D eigenvalue weighted by Gasteiger charge is -2.24. The minimum Gasteiger partial charge on any atom is -0.478 e. The molecule has 0 amide bonds. The zero-order valence-corrected chi connectivity index (χ0v) is 11.3. The normalized spacial score (nSPS) is 22.3. The number of hydrogen-bond donors (Lipinski definition) is 2. The van der Waals surface area contributed by atoms with Crippen molar-refractivity contribution in [1.29, 1.82) is 0 Å². The molecule has 1 aromatic rings. The van der Waals surface area contributed by atoms with Crippen LogP contribution in [-0.2, 0) is 6.54 Å². The van der Waals surface area contributed by atoms with Gasteiger partial charge in [-0.05, 0) is 12.3 Å². The zero-order chi connectivity index (χ0) is 14.1. The second-order valence-corrected chi connectivity index (χ2v) is 5.80. The molecule has 1 atom stereocenters. The molecule has 6 heteroatoms. The van der Waals surface area contributed by atoms with Gasteiger partial charge in [-0.3, -0.25) is 4.57 Å². The SMILES string of the molecule is O=C(O)c1cnc(=O)n2c1NC(CC1CCCCC1)C2. The summed E-state index contributed by atoms with van der Waals surface area (Å²) in [7, 11) is 0. The Morgan fingerprint density at radius 1 is 1.40 bits per heavy atom. The van der Waals surface area contributed by atoms with E-state index in [4.69, 9.17) is 5.11 Å². The summed E-state index contributed by atoms with van der Waals surface area (Å²) in [4.78, 5) is 26.6. The van der Waals surface area contributed by atoms with Crippen LogP contribution in [0, 0.1) is 5.92 Å². The monoisotopic (exact) mass is 277 g/mol. The van der Waals surface area contributed by atoms with Crippen molar-refractivity contribution < 1.29 is 9.90 Å². The van der Waals surface area contributed by atoms with Crippen LogP contribution in [0.4, 0.5) is 5.82 Å². The molecule has 3 rings (SSSR count). The van der Waals surface area contributed by atoms with Gasteiger partial charge in [0.15, 0.2) is 0 Å². The molecule has 1 aliphatic carbocycles. The van der Waals surface area contributed by atoms with E-state index in [-0.39, 0.29) is 17.3 Å². The Kier molecular flexibility index (Phi) is 3.46. The first-order valence-corrected chi connectivity index (χ1v) is 7.25. The van der Waals surface area contributed by atoms with Gasteiger partial charge in [-0.15, -0.1) is 0 Å². The number of carbonyl (C=O) groups is 1. The fourth-order valence-corrected chi connectivity index (χ4v) is 3.39. The number of nitrogens with one attached hydrogen (secondary N) is 1. The molecule has 2 N–H and O–H groups in total. The van der Waals surface area contributed by atoms with Crippen LogP contribution in [0.5, 0.6) is 0 Å². The Hall–Kier alpha value is -1.85. The second kappa shape index (κ2) is 5.26. The number of anilines is 1. The lowest BCUT2D eigenvalue weighted by Crippen LogP contribution is -2.25. The number of aromatic carboxylic acids is 1. The molecule has 0 bridgehead atoms. The Bertz CT molecular complexity index is 576. The highest BCUT2D eigenvalue weighted by molar-refractivity contribution is 5.93. The van der Waals surface area contributed by atoms with Crippen molar-refractivity contribution in [3.8, 4) is 0 Å². The van der Waals surface area contributed by atoms with E-state index in [1.54, 1.807) is 0 Å². The van der Waals surface area contributed by atoms with E-state index in [2.05, 4.69) is 10.3 Å². The van der Waals surface area contributed by atoms with E-state index in [1.807, 2.05) is 0 Å². The Morgan fingerprint density at radius 3 is 2.85 bits per heavy atom. The standard InChI is InChI=1S/C14H19N3O3/c18-13(19)11-7-15-14(20)17-8-10(16-12(11)17)6-9-4-2-1-3-5-9/h7,9-10,16H,1-6,8H2,(H,18,19). The summed E-state index contributed by atoms with van der Waals surface area (Å²) >= 11 is 0. The summed E-state index contributed by atoms with van der Waals surface area (Å²) in [6.45, 7) is 0.527. The van der Waals surface area contributed by atoms with E-state index >= 15 is 0 Å². The Balaban J connectivity index is 1.77. The van der Waals surface area contributed by atoms with Crippen molar-refractivity contribution in [2.24, 2.45) is 5.92 Å². The van der Waals surface area contributed by atoms with Gasteiger partial charge in [-0.2, -0.15) is 0 Å². The third-order valence-corrected chi connectivity index (χ3v) is 4.38. The van der Waals surface area contributed by atoms with Gasteiger partial charge in [0.25, 0.3) is 0 Å². The molecule has 2 aliphatic rings. The number of carboxylic acid groups (broad SMARTS) is 1. The van der Waals surface area contributed by atoms with Gasteiger partial charge in [0.1, 0.15) is 11.4 Å². The summed E-state index contributed by atoms with van der Waals surface area (Å²) in [6.07, 6.45) is 8.52. The molecular formula is C14H19N3O3. The summed E-state index contributed by atoms with van der Waals surface area (Å²) in [5.41, 5.74) is -0.292. The van der Waals surface area contributed by atoms with Crippen LogP contribution in [0.1, 0.15) is 48.9 Å². The zero-order valence-electron chi connectivity index (χ0n) is 11.3. The Morgan fingerprint density at radius 2 is 2.15 bits per heavy atom. The van der Waals surface area contributed by atoms with Gasteiger partial charge < -0.3 is 10.4 Å². The van der Waals surface area contributed by atoms with Crippen molar-refractivity contribution in [2.45, 2.75) is 51.1 Å². The smallest absolute Gasteiger partial charge is 0.349 e. The first kappa shape index (κ1) is 13.1. The minimum absolute atomic E-state index is 0.0794. The number of rotatable bonds is 3. The molecule has 6 nitrogen and oxygen atoms in total. The second-order valence-electron chi connectivity index (χ2n) is 5.80. The molecule has 2 heterocycles. The topological polar surface area (TPSA) is 84.2 Å². The molecule has 1 aliphatic heterocycles. The highest BCUT2D eigenvalue weighted by Gasteiger charge is 2.29. The summed E-state index contributed by atoms with van der Waals surface area (Å²) in [6, 6.07) is 0.146. The molecular weight excluding hydrogens is 258 g/mol. The third-order valence-electron chi connectivity index (χ3n) is 4.38. The molecule has 0 spiro atoms. The average Bonchev–Trinajstić information content (AvgIpc) is 2.84. The van der Waals surface area contributed by atoms with Crippen LogP contribution in [0.2, 0.25) is 0 Å². The van der Waals surface area contributed by atoms with E-state index in [1.165, 1.54) is 36.7 Å². The number of carboxylic acids is 1. The van der Waals surface area contributed by atoms with Crippen LogP contribution in [0.15, 0.2) is 11.0 Å². The first-order chi connectivity index (χ1) is 9.65. The minimum atomic E-state index is -1.05. The van der Waals surface area contributed by atoms with Gasteiger partial charge in [-0.25, -0.2) is 14.6 Å². The Labute approximate surface area is 116 Å². The summed E-state index contributed by atoms with van der Waals surface area (Å²) < 4.78 is 1.46. The molecule has 108 valence electrons. The maximum atomic E-state index is 11.7. The molecule has 1 unspecified atom stereocenters. The average molecular weight is 277 g/mol. The molecule has 1 aromatic heterocycles. The highest BCUT2D eigenvalue weighted by atomic mass is 16.4. The quantitative estimate of drug-likeness (QED) is 0.878. The van der Waals surface area contributed by atoms with Gasteiger partial charge in [0, 0.05) is 12.6 Å². The van der Waals surface area contributed by atoms with Crippen molar-refractivity contribution in [3.05, 3.63) is 22.2 Å². The number of fused-ring (bicyclic) bond motifs is 1. The number of aromatic nitrogens is 2. The molecule has 0 saturated heterocycles. The maximum absolute atomic E-state index is 11.7.